The Morgan fingerprint density at radius 3 is 2.21 bits per heavy atom. The largest absolute Gasteiger partial charge is 0.490 e. The van der Waals surface area contributed by atoms with E-state index in [9.17, 15) is 4.79 Å². The molecule has 1 amide bonds. The molecule has 0 bridgehead atoms. The van der Waals surface area contributed by atoms with Gasteiger partial charge in [0.05, 0.1) is 0 Å². The molecule has 156 valence electrons. The Balaban J connectivity index is 1.41. The van der Waals surface area contributed by atoms with Gasteiger partial charge in [0.2, 0.25) is 5.91 Å². The Morgan fingerprint density at radius 2 is 1.64 bits per heavy atom. The van der Waals surface area contributed by atoms with Crippen molar-refractivity contribution < 1.29 is 9.53 Å². The molecular formula is C23H37N3O2. The minimum Gasteiger partial charge on any atom is -0.490 e. The summed E-state index contributed by atoms with van der Waals surface area (Å²) in [7, 11) is 0. The molecule has 1 aromatic rings. The van der Waals surface area contributed by atoms with Gasteiger partial charge in [-0.25, -0.2) is 0 Å². The number of likely N-dealkylation sites (tertiary alicyclic amines) is 2. The van der Waals surface area contributed by atoms with Crippen LogP contribution in [-0.4, -0.2) is 59.0 Å². The lowest BCUT2D eigenvalue weighted by Crippen LogP contribution is -2.51. The molecule has 2 aliphatic heterocycles. The van der Waals surface area contributed by atoms with Crippen molar-refractivity contribution in [2.45, 2.75) is 77.4 Å². The number of hydrogen-bond donors (Lipinski definition) is 0. The van der Waals surface area contributed by atoms with E-state index in [1.807, 2.05) is 12.1 Å². The van der Waals surface area contributed by atoms with Crippen LogP contribution < -0.4 is 4.74 Å². The van der Waals surface area contributed by atoms with Crippen LogP contribution in [0.3, 0.4) is 0 Å². The highest BCUT2D eigenvalue weighted by Gasteiger charge is 2.31. The number of rotatable bonds is 8. The Hall–Kier alpha value is -1.62. The van der Waals surface area contributed by atoms with Crippen LogP contribution in [0.5, 0.6) is 5.75 Å². The highest BCUT2D eigenvalue weighted by atomic mass is 16.5. The van der Waals surface area contributed by atoms with Crippen molar-refractivity contribution in [3.63, 3.8) is 0 Å². The van der Waals surface area contributed by atoms with Gasteiger partial charge in [-0.2, -0.15) is 0 Å². The summed E-state index contributed by atoms with van der Waals surface area (Å²) in [5.41, 5.74) is 0. The van der Waals surface area contributed by atoms with Gasteiger partial charge in [-0.3, -0.25) is 14.7 Å². The normalized spacial score (nSPS) is 19.9. The van der Waals surface area contributed by atoms with Crippen LogP contribution in [-0.2, 0) is 4.79 Å². The second kappa shape index (κ2) is 10.8. The molecule has 0 aliphatic carbocycles. The summed E-state index contributed by atoms with van der Waals surface area (Å²) >= 11 is 0. The van der Waals surface area contributed by atoms with Crippen LogP contribution in [0.1, 0.15) is 65.2 Å². The van der Waals surface area contributed by atoms with E-state index >= 15 is 0 Å². The van der Waals surface area contributed by atoms with Crippen molar-refractivity contribution in [3.8, 4) is 5.75 Å². The molecule has 2 aliphatic rings. The zero-order chi connectivity index (χ0) is 19.8. The van der Waals surface area contributed by atoms with Crippen LogP contribution >= 0.6 is 0 Å². The van der Waals surface area contributed by atoms with E-state index in [1.54, 1.807) is 12.4 Å². The molecule has 0 unspecified atom stereocenters. The van der Waals surface area contributed by atoms with Crippen molar-refractivity contribution >= 4 is 5.91 Å². The molecule has 0 spiro atoms. The zero-order valence-corrected chi connectivity index (χ0v) is 17.7. The summed E-state index contributed by atoms with van der Waals surface area (Å²) in [6, 6.07) is 4.49. The number of carbonyl (C=O) groups is 1. The Kier molecular flexibility index (Phi) is 8.13. The fourth-order valence-corrected chi connectivity index (χ4v) is 4.77. The first-order chi connectivity index (χ1) is 13.7. The fourth-order valence-electron chi connectivity index (χ4n) is 4.77. The first-order valence-corrected chi connectivity index (χ1v) is 11.3. The molecule has 3 rings (SSSR count). The van der Waals surface area contributed by atoms with Crippen LogP contribution in [0.15, 0.2) is 24.5 Å². The first-order valence-electron chi connectivity index (χ1n) is 11.3. The van der Waals surface area contributed by atoms with Crippen LogP contribution in [0.25, 0.3) is 0 Å². The summed E-state index contributed by atoms with van der Waals surface area (Å²) in [6.07, 6.45) is 12.5. The van der Waals surface area contributed by atoms with Gasteiger partial charge in [0, 0.05) is 50.5 Å². The summed E-state index contributed by atoms with van der Waals surface area (Å²) in [4.78, 5) is 21.7. The van der Waals surface area contributed by atoms with Gasteiger partial charge in [-0.15, -0.1) is 0 Å². The fraction of sp³-hybridized carbons (Fsp3) is 0.739. The molecule has 0 aromatic carbocycles. The van der Waals surface area contributed by atoms with Crippen molar-refractivity contribution in [2.75, 3.05) is 26.2 Å². The number of pyridine rings is 1. The maximum absolute atomic E-state index is 12.9. The van der Waals surface area contributed by atoms with Gasteiger partial charge in [-0.05, 0) is 50.7 Å². The number of piperidine rings is 2. The third kappa shape index (κ3) is 5.69. The summed E-state index contributed by atoms with van der Waals surface area (Å²) in [5, 5.41) is 0. The lowest BCUT2D eigenvalue weighted by molar-refractivity contribution is -0.137. The maximum atomic E-state index is 12.9. The van der Waals surface area contributed by atoms with Crippen LogP contribution in [0, 0.1) is 5.92 Å². The number of nitrogens with zero attached hydrogens (tertiary/aromatic N) is 3. The number of carbonyl (C=O) groups excluding carboxylic acids is 1. The molecule has 2 saturated heterocycles. The van der Waals surface area contributed by atoms with E-state index in [1.165, 1.54) is 0 Å². The average molecular weight is 388 g/mol. The van der Waals surface area contributed by atoms with Gasteiger partial charge in [0.1, 0.15) is 11.9 Å². The van der Waals surface area contributed by atoms with Gasteiger partial charge in [-0.1, -0.05) is 26.7 Å². The molecule has 0 saturated carbocycles. The predicted molar refractivity (Wildman–Crippen MR) is 112 cm³/mol. The second-order valence-electron chi connectivity index (χ2n) is 8.37. The van der Waals surface area contributed by atoms with E-state index in [0.717, 1.165) is 83.3 Å². The van der Waals surface area contributed by atoms with Gasteiger partial charge in [0.25, 0.3) is 0 Å². The molecule has 3 heterocycles. The van der Waals surface area contributed by atoms with E-state index < -0.39 is 0 Å². The Bertz CT molecular complexity index is 573. The van der Waals surface area contributed by atoms with E-state index in [4.69, 9.17) is 4.74 Å². The number of ether oxygens (including phenoxy) is 1. The molecule has 0 radical (unpaired) electrons. The lowest BCUT2D eigenvalue weighted by atomic mass is 9.94. The Labute approximate surface area is 170 Å². The van der Waals surface area contributed by atoms with Gasteiger partial charge < -0.3 is 9.64 Å². The highest BCUT2D eigenvalue weighted by Crippen LogP contribution is 2.25. The number of hydrogen-bond acceptors (Lipinski definition) is 4. The molecule has 5 nitrogen and oxygen atoms in total. The average Bonchev–Trinajstić information content (AvgIpc) is 2.74. The summed E-state index contributed by atoms with van der Waals surface area (Å²) < 4.78 is 6.09. The third-order valence-corrected chi connectivity index (χ3v) is 6.35. The smallest absolute Gasteiger partial charge is 0.225 e. The minimum atomic E-state index is 0.243. The van der Waals surface area contributed by atoms with Crippen molar-refractivity contribution in [1.29, 1.82) is 0 Å². The van der Waals surface area contributed by atoms with Crippen molar-refractivity contribution in [3.05, 3.63) is 24.5 Å². The predicted octanol–water partition coefficient (Wildman–Crippen LogP) is 4.13. The quantitative estimate of drug-likeness (QED) is 0.673. The monoisotopic (exact) mass is 387 g/mol. The van der Waals surface area contributed by atoms with Crippen molar-refractivity contribution in [1.82, 2.24) is 14.8 Å². The minimum absolute atomic E-state index is 0.243. The summed E-state index contributed by atoms with van der Waals surface area (Å²) in [6.45, 7) is 8.43. The summed E-state index contributed by atoms with van der Waals surface area (Å²) in [5.74, 6) is 1.58. The zero-order valence-electron chi connectivity index (χ0n) is 17.7. The molecule has 28 heavy (non-hydrogen) atoms. The standard InChI is InChI=1S/C23H37N3O2/c1-3-5-19(6-4-2)23(27)26-15-9-20(10-16-26)25-17-11-22(12-18-25)28-21-7-13-24-14-8-21/h7-8,13-14,19-20,22H,3-6,9-12,15-18H2,1-2H3. The topological polar surface area (TPSA) is 45.7 Å². The molecule has 1 aromatic heterocycles. The maximum Gasteiger partial charge on any atom is 0.225 e. The SMILES string of the molecule is CCCC(CCC)C(=O)N1CCC(N2CCC(Oc3ccncc3)CC2)CC1. The lowest BCUT2D eigenvalue weighted by Gasteiger charge is -2.42. The molecular weight excluding hydrogens is 350 g/mol. The van der Waals surface area contributed by atoms with Gasteiger partial charge >= 0.3 is 0 Å². The van der Waals surface area contributed by atoms with E-state index in [-0.39, 0.29) is 5.92 Å². The van der Waals surface area contributed by atoms with Gasteiger partial charge in [0.15, 0.2) is 0 Å². The number of aromatic nitrogens is 1. The van der Waals surface area contributed by atoms with E-state index in [2.05, 4.69) is 28.6 Å². The third-order valence-electron chi connectivity index (χ3n) is 6.35. The van der Waals surface area contributed by atoms with Crippen LogP contribution in [0.2, 0.25) is 0 Å². The molecule has 5 heteroatoms. The van der Waals surface area contributed by atoms with Crippen molar-refractivity contribution in [2.24, 2.45) is 5.92 Å². The second-order valence-corrected chi connectivity index (χ2v) is 8.37. The molecule has 2 fully saturated rings. The van der Waals surface area contributed by atoms with E-state index in [0.29, 0.717) is 18.1 Å². The highest BCUT2D eigenvalue weighted by molar-refractivity contribution is 5.78. The first kappa shape index (κ1) is 21.1. The van der Waals surface area contributed by atoms with Crippen LogP contribution in [0.4, 0.5) is 0 Å². The molecule has 0 N–H and O–H groups in total. The molecule has 0 atom stereocenters. The number of amides is 1. The Morgan fingerprint density at radius 1 is 1.04 bits per heavy atom.